The zero-order valence-electron chi connectivity index (χ0n) is 11.9. The third-order valence-electron chi connectivity index (χ3n) is 2.33. The summed E-state index contributed by atoms with van der Waals surface area (Å²) < 4.78 is 0. The summed E-state index contributed by atoms with van der Waals surface area (Å²) in [5, 5.41) is 10.7. The Hall–Kier alpha value is -1.35. The van der Waals surface area contributed by atoms with Crippen LogP contribution in [0.4, 0.5) is 0 Å². The smallest absolute Gasteiger partial charge is 0.220 e. The highest BCUT2D eigenvalue weighted by molar-refractivity contribution is 5.77. The standard InChI is InChI=1S/C8H10.C4H7NO.C3H8O/c1-7-5-3-4-6-8(7)2;6-4-2-1-3-5-4;1-3(2)4/h3-6H,1-2H3;1-3H2,(H,5,6);3-4H,1-2H3. The summed E-state index contributed by atoms with van der Waals surface area (Å²) in [6, 6.07) is 8.36. The molecule has 1 aromatic carbocycles. The molecule has 1 aliphatic heterocycles. The van der Waals surface area contributed by atoms with Gasteiger partial charge in [0.1, 0.15) is 0 Å². The molecule has 3 heteroatoms. The highest BCUT2D eigenvalue weighted by Crippen LogP contribution is 2.02. The molecule has 1 fully saturated rings. The van der Waals surface area contributed by atoms with Crippen molar-refractivity contribution in [1.29, 1.82) is 0 Å². The van der Waals surface area contributed by atoms with Gasteiger partial charge in [-0.3, -0.25) is 4.79 Å². The number of hydrogen-bond donors (Lipinski definition) is 2. The van der Waals surface area contributed by atoms with Gasteiger partial charge in [-0.2, -0.15) is 0 Å². The second-order valence-corrected chi connectivity index (χ2v) is 4.63. The van der Waals surface area contributed by atoms with Gasteiger partial charge in [-0.15, -0.1) is 0 Å². The number of amides is 1. The fraction of sp³-hybridized carbons (Fsp3) is 0.533. The second-order valence-electron chi connectivity index (χ2n) is 4.63. The minimum atomic E-state index is -0.167. The minimum absolute atomic E-state index is 0.167. The fourth-order valence-corrected chi connectivity index (χ4v) is 1.23. The Labute approximate surface area is 110 Å². The predicted molar refractivity (Wildman–Crippen MR) is 75.5 cm³/mol. The molecular formula is C15H25NO2. The maximum atomic E-state index is 10.1. The number of aliphatic hydroxyl groups is 1. The Morgan fingerprint density at radius 3 is 1.78 bits per heavy atom. The Morgan fingerprint density at radius 1 is 1.17 bits per heavy atom. The number of carbonyl (C=O) groups is 1. The molecule has 1 heterocycles. The van der Waals surface area contributed by atoms with E-state index in [9.17, 15) is 4.79 Å². The molecule has 0 spiro atoms. The van der Waals surface area contributed by atoms with E-state index < -0.39 is 0 Å². The molecule has 0 unspecified atom stereocenters. The lowest BCUT2D eigenvalue weighted by atomic mass is 10.1. The van der Waals surface area contributed by atoms with Crippen LogP contribution in [0.25, 0.3) is 0 Å². The van der Waals surface area contributed by atoms with Crippen LogP contribution in [0.5, 0.6) is 0 Å². The van der Waals surface area contributed by atoms with Crippen LogP contribution in [0, 0.1) is 13.8 Å². The zero-order chi connectivity index (χ0) is 14.0. The Bertz CT molecular complexity index is 316. The van der Waals surface area contributed by atoms with Crippen molar-refractivity contribution >= 4 is 5.91 Å². The number of aliphatic hydroxyl groups excluding tert-OH is 1. The number of rotatable bonds is 0. The molecule has 0 atom stereocenters. The van der Waals surface area contributed by atoms with Gasteiger partial charge in [0.15, 0.2) is 0 Å². The van der Waals surface area contributed by atoms with E-state index in [1.807, 2.05) is 0 Å². The second kappa shape index (κ2) is 9.66. The van der Waals surface area contributed by atoms with Crippen LogP contribution in [0.1, 0.15) is 37.8 Å². The van der Waals surface area contributed by atoms with Crippen molar-refractivity contribution in [3.63, 3.8) is 0 Å². The zero-order valence-corrected chi connectivity index (χ0v) is 11.9. The van der Waals surface area contributed by atoms with Gasteiger partial charge in [0.2, 0.25) is 5.91 Å². The SMILES string of the molecule is CC(C)O.Cc1ccccc1C.O=C1CCCN1. The minimum Gasteiger partial charge on any atom is -0.394 e. The number of benzene rings is 1. The average Bonchev–Trinajstić information content (AvgIpc) is 2.74. The van der Waals surface area contributed by atoms with Crippen molar-refractivity contribution in [2.45, 2.75) is 46.6 Å². The predicted octanol–water partition coefficient (Wildman–Crippen LogP) is 2.59. The van der Waals surface area contributed by atoms with Crippen LogP contribution in [0.2, 0.25) is 0 Å². The maximum absolute atomic E-state index is 10.1. The van der Waals surface area contributed by atoms with E-state index in [1.54, 1.807) is 13.8 Å². The van der Waals surface area contributed by atoms with Crippen molar-refractivity contribution in [3.8, 4) is 0 Å². The van der Waals surface area contributed by atoms with Gasteiger partial charge >= 0.3 is 0 Å². The van der Waals surface area contributed by atoms with Crippen LogP contribution in [-0.2, 0) is 4.79 Å². The molecule has 18 heavy (non-hydrogen) atoms. The molecule has 0 radical (unpaired) electrons. The number of hydrogen-bond acceptors (Lipinski definition) is 2. The first-order valence-electron chi connectivity index (χ1n) is 6.40. The van der Waals surface area contributed by atoms with E-state index >= 15 is 0 Å². The Kier molecular flexibility index (Phi) is 8.93. The third-order valence-corrected chi connectivity index (χ3v) is 2.33. The van der Waals surface area contributed by atoms with Gasteiger partial charge in [0.25, 0.3) is 0 Å². The molecule has 1 aromatic rings. The summed E-state index contributed by atoms with van der Waals surface area (Å²) in [6.07, 6.45) is 1.60. The molecule has 1 aliphatic rings. The molecule has 3 nitrogen and oxygen atoms in total. The first-order chi connectivity index (χ1) is 8.43. The van der Waals surface area contributed by atoms with Crippen molar-refractivity contribution in [2.75, 3.05) is 6.54 Å². The van der Waals surface area contributed by atoms with Crippen molar-refractivity contribution in [2.24, 2.45) is 0 Å². The lowest BCUT2D eigenvalue weighted by Gasteiger charge is -1.93. The van der Waals surface area contributed by atoms with Crippen LogP contribution < -0.4 is 5.32 Å². The quantitative estimate of drug-likeness (QED) is 0.744. The summed E-state index contributed by atoms with van der Waals surface area (Å²) in [5.74, 6) is 0.204. The average molecular weight is 251 g/mol. The van der Waals surface area contributed by atoms with E-state index in [0.717, 1.165) is 19.4 Å². The number of aryl methyl sites for hydroxylation is 2. The van der Waals surface area contributed by atoms with Gasteiger partial charge in [-0.25, -0.2) is 0 Å². The maximum Gasteiger partial charge on any atom is 0.220 e. The summed E-state index contributed by atoms with van der Waals surface area (Å²) in [4.78, 5) is 10.1. The van der Waals surface area contributed by atoms with E-state index in [1.165, 1.54) is 11.1 Å². The molecule has 0 aromatic heterocycles. The normalized spacial score (nSPS) is 13.1. The number of carbonyl (C=O) groups excluding carboxylic acids is 1. The fourth-order valence-electron chi connectivity index (χ4n) is 1.23. The first-order valence-corrected chi connectivity index (χ1v) is 6.40. The lowest BCUT2D eigenvalue weighted by Crippen LogP contribution is -2.12. The third kappa shape index (κ3) is 9.85. The lowest BCUT2D eigenvalue weighted by molar-refractivity contribution is -0.119. The first kappa shape index (κ1) is 16.6. The van der Waals surface area contributed by atoms with Crippen LogP contribution in [0.15, 0.2) is 24.3 Å². The monoisotopic (exact) mass is 251 g/mol. The highest BCUT2D eigenvalue weighted by Gasteiger charge is 2.05. The van der Waals surface area contributed by atoms with Gasteiger partial charge in [-0.1, -0.05) is 24.3 Å². The molecule has 1 amide bonds. The largest absolute Gasteiger partial charge is 0.394 e. The van der Waals surface area contributed by atoms with Gasteiger partial charge < -0.3 is 10.4 Å². The summed E-state index contributed by atoms with van der Waals surface area (Å²) in [7, 11) is 0. The molecule has 2 rings (SSSR count). The van der Waals surface area contributed by atoms with Crippen LogP contribution in [0.3, 0.4) is 0 Å². The van der Waals surface area contributed by atoms with Gasteiger partial charge in [0.05, 0.1) is 0 Å². The molecule has 102 valence electrons. The Balaban J connectivity index is 0.000000257. The van der Waals surface area contributed by atoms with E-state index in [0.29, 0.717) is 0 Å². The van der Waals surface area contributed by atoms with Crippen LogP contribution in [-0.4, -0.2) is 23.7 Å². The van der Waals surface area contributed by atoms with Crippen molar-refractivity contribution < 1.29 is 9.90 Å². The number of nitrogens with one attached hydrogen (secondary N) is 1. The van der Waals surface area contributed by atoms with Gasteiger partial charge in [0, 0.05) is 19.1 Å². The molecule has 2 N–H and O–H groups in total. The van der Waals surface area contributed by atoms with E-state index in [2.05, 4.69) is 43.4 Å². The molecular weight excluding hydrogens is 226 g/mol. The van der Waals surface area contributed by atoms with Crippen molar-refractivity contribution in [1.82, 2.24) is 5.32 Å². The molecule has 0 aliphatic carbocycles. The van der Waals surface area contributed by atoms with Crippen LogP contribution >= 0.6 is 0 Å². The summed E-state index contributed by atoms with van der Waals surface area (Å²) in [6.45, 7) is 8.57. The van der Waals surface area contributed by atoms with Crippen molar-refractivity contribution in [3.05, 3.63) is 35.4 Å². The molecule has 0 saturated carbocycles. The Morgan fingerprint density at radius 2 is 1.61 bits per heavy atom. The van der Waals surface area contributed by atoms with E-state index in [-0.39, 0.29) is 12.0 Å². The summed E-state index contributed by atoms with van der Waals surface area (Å²) >= 11 is 0. The summed E-state index contributed by atoms with van der Waals surface area (Å²) in [5.41, 5.74) is 2.74. The highest BCUT2D eigenvalue weighted by atomic mass is 16.3. The molecule has 0 bridgehead atoms. The molecule has 1 saturated heterocycles. The topological polar surface area (TPSA) is 49.3 Å². The van der Waals surface area contributed by atoms with E-state index in [4.69, 9.17) is 5.11 Å². The van der Waals surface area contributed by atoms with Gasteiger partial charge in [-0.05, 0) is 45.2 Å².